The number of halogens is 2. The van der Waals surface area contributed by atoms with Gasteiger partial charge in [-0.1, -0.05) is 36.2 Å². The van der Waals surface area contributed by atoms with Gasteiger partial charge >= 0.3 is 0 Å². The molecule has 1 amide bonds. The van der Waals surface area contributed by atoms with Crippen LogP contribution in [0.25, 0.3) is 0 Å². The van der Waals surface area contributed by atoms with Crippen LogP contribution in [0.3, 0.4) is 0 Å². The third-order valence-corrected chi connectivity index (χ3v) is 4.88. The normalized spacial score (nSPS) is 11.3. The topological polar surface area (TPSA) is 75.3 Å². The van der Waals surface area contributed by atoms with E-state index in [4.69, 9.17) is 23.2 Å². The fourth-order valence-electron chi connectivity index (χ4n) is 1.37. The first-order valence-electron chi connectivity index (χ1n) is 6.00. The van der Waals surface area contributed by atoms with Crippen molar-refractivity contribution in [2.75, 3.05) is 29.9 Å². The Kier molecular flexibility index (Phi) is 6.75. The van der Waals surface area contributed by atoms with Crippen LogP contribution in [-0.4, -0.2) is 38.9 Å². The monoisotopic (exact) mass is 338 g/mol. The summed E-state index contributed by atoms with van der Waals surface area (Å²) in [7, 11) is -3.03. The molecular weight excluding hydrogens is 323 g/mol. The van der Waals surface area contributed by atoms with E-state index in [0.29, 0.717) is 15.7 Å². The van der Waals surface area contributed by atoms with E-state index in [9.17, 15) is 13.2 Å². The summed E-state index contributed by atoms with van der Waals surface area (Å²) in [6.45, 7) is 1.79. The van der Waals surface area contributed by atoms with E-state index >= 15 is 0 Å². The average molecular weight is 339 g/mol. The molecule has 0 atom stereocenters. The molecule has 0 aliphatic carbocycles. The number of carbonyl (C=O) groups excluding carboxylic acids is 1. The molecule has 1 aromatic rings. The van der Waals surface area contributed by atoms with Crippen molar-refractivity contribution in [2.24, 2.45) is 0 Å². The van der Waals surface area contributed by atoms with Gasteiger partial charge in [0.2, 0.25) is 5.91 Å². The standard InChI is InChI=1S/C12H16Cl2N2O3S/c1-2-20(18,19)7-6-15-8-11(17)16-12-9(13)4-3-5-10(12)14/h3-5,15H,2,6-8H2,1H3,(H,16,17). The zero-order valence-corrected chi connectivity index (χ0v) is 13.3. The lowest BCUT2D eigenvalue weighted by atomic mass is 10.3. The van der Waals surface area contributed by atoms with E-state index in [1.807, 2.05) is 0 Å². The number of benzene rings is 1. The van der Waals surface area contributed by atoms with Gasteiger partial charge in [-0.25, -0.2) is 8.42 Å². The average Bonchev–Trinajstić information content (AvgIpc) is 2.39. The van der Waals surface area contributed by atoms with Crippen molar-refractivity contribution in [2.45, 2.75) is 6.92 Å². The van der Waals surface area contributed by atoms with E-state index in [1.54, 1.807) is 25.1 Å². The first kappa shape index (κ1) is 17.2. The molecule has 1 rings (SSSR count). The Morgan fingerprint density at radius 1 is 1.25 bits per heavy atom. The van der Waals surface area contributed by atoms with Crippen molar-refractivity contribution in [3.8, 4) is 0 Å². The molecule has 0 aromatic heterocycles. The van der Waals surface area contributed by atoms with Crippen molar-refractivity contribution in [3.63, 3.8) is 0 Å². The van der Waals surface area contributed by atoms with Gasteiger partial charge in [-0.05, 0) is 12.1 Å². The first-order valence-corrected chi connectivity index (χ1v) is 8.58. The third kappa shape index (κ3) is 5.66. The molecule has 112 valence electrons. The Bertz CT molecular complexity index is 556. The second-order valence-corrected chi connectivity index (χ2v) is 7.35. The number of hydrogen-bond acceptors (Lipinski definition) is 4. The Balaban J connectivity index is 2.42. The van der Waals surface area contributed by atoms with Gasteiger partial charge in [-0.2, -0.15) is 0 Å². The fraction of sp³-hybridized carbons (Fsp3) is 0.417. The highest BCUT2D eigenvalue weighted by atomic mass is 35.5. The molecule has 20 heavy (non-hydrogen) atoms. The van der Waals surface area contributed by atoms with Crippen LogP contribution in [0, 0.1) is 0 Å². The van der Waals surface area contributed by atoms with Crippen LogP contribution in [0.4, 0.5) is 5.69 Å². The number of carbonyl (C=O) groups is 1. The van der Waals surface area contributed by atoms with Gasteiger partial charge < -0.3 is 10.6 Å². The molecule has 0 saturated heterocycles. The number of para-hydroxylation sites is 1. The van der Waals surface area contributed by atoms with Crippen LogP contribution in [0.5, 0.6) is 0 Å². The minimum Gasteiger partial charge on any atom is -0.322 e. The van der Waals surface area contributed by atoms with Crippen molar-refractivity contribution in [1.82, 2.24) is 5.32 Å². The van der Waals surface area contributed by atoms with Crippen LogP contribution < -0.4 is 10.6 Å². The summed E-state index contributed by atoms with van der Waals surface area (Å²) in [5.41, 5.74) is 0.351. The summed E-state index contributed by atoms with van der Waals surface area (Å²) in [5, 5.41) is 6.03. The molecule has 0 saturated carbocycles. The van der Waals surface area contributed by atoms with Crippen LogP contribution >= 0.6 is 23.2 Å². The highest BCUT2D eigenvalue weighted by Crippen LogP contribution is 2.29. The summed E-state index contributed by atoms with van der Waals surface area (Å²) >= 11 is 11.8. The van der Waals surface area contributed by atoms with Crippen LogP contribution in [0.2, 0.25) is 10.0 Å². The lowest BCUT2D eigenvalue weighted by molar-refractivity contribution is -0.115. The summed E-state index contributed by atoms with van der Waals surface area (Å²) in [6, 6.07) is 4.91. The molecule has 0 fully saturated rings. The smallest absolute Gasteiger partial charge is 0.238 e. The Hall–Kier alpha value is -0.820. The minimum atomic E-state index is -3.03. The van der Waals surface area contributed by atoms with Crippen molar-refractivity contribution in [3.05, 3.63) is 28.2 Å². The van der Waals surface area contributed by atoms with Gasteiger partial charge in [0.15, 0.2) is 9.84 Å². The Morgan fingerprint density at radius 2 is 1.85 bits per heavy atom. The molecule has 0 unspecified atom stereocenters. The van der Waals surface area contributed by atoms with E-state index < -0.39 is 9.84 Å². The maximum Gasteiger partial charge on any atom is 0.238 e. The number of amides is 1. The molecule has 0 radical (unpaired) electrons. The summed E-state index contributed by atoms with van der Waals surface area (Å²) in [6.07, 6.45) is 0. The van der Waals surface area contributed by atoms with Crippen molar-refractivity contribution in [1.29, 1.82) is 0 Å². The number of sulfone groups is 1. The first-order chi connectivity index (χ1) is 9.35. The van der Waals surface area contributed by atoms with Gasteiger partial charge in [0.05, 0.1) is 28.0 Å². The summed E-state index contributed by atoms with van der Waals surface area (Å²) in [5.74, 6) is -0.242. The van der Waals surface area contributed by atoms with Crippen molar-refractivity contribution < 1.29 is 13.2 Å². The SMILES string of the molecule is CCS(=O)(=O)CCNCC(=O)Nc1c(Cl)cccc1Cl. The molecule has 1 aromatic carbocycles. The maximum atomic E-state index is 11.7. The van der Waals surface area contributed by atoms with Crippen LogP contribution in [0.1, 0.15) is 6.92 Å². The zero-order chi connectivity index (χ0) is 15.2. The van der Waals surface area contributed by atoms with Gasteiger partial charge in [-0.3, -0.25) is 4.79 Å². The molecule has 0 heterocycles. The van der Waals surface area contributed by atoms with Gasteiger partial charge in [0, 0.05) is 12.3 Å². The molecule has 0 bridgehead atoms. The predicted octanol–water partition coefficient (Wildman–Crippen LogP) is 1.96. The van der Waals surface area contributed by atoms with Gasteiger partial charge in [-0.15, -0.1) is 0 Å². The molecule has 0 spiro atoms. The predicted molar refractivity (Wildman–Crippen MR) is 82.3 cm³/mol. The van der Waals surface area contributed by atoms with Gasteiger partial charge in [0.25, 0.3) is 0 Å². The Morgan fingerprint density at radius 3 is 2.40 bits per heavy atom. The highest BCUT2D eigenvalue weighted by Gasteiger charge is 2.10. The zero-order valence-electron chi connectivity index (χ0n) is 10.9. The third-order valence-electron chi connectivity index (χ3n) is 2.54. The molecule has 0 aliphatic rings. The number of hydrogen-bond donors (Lipinski definition) is 2. The lowest BCUT2D eigenvalue weighted by Gasteiger charge is -2.09. The fourth-order valence-corrected chi connectivity index (χ4v) is 2.61. The largest absolute Gasteiger partial charge is 0.322 e. The second-order valence-electron chi connectivity index (χ2n) is 4.06. The summed E-state index contributed by atoms with van der Waals surface area (Å²) < 4.78 is 22.5. The van der Waals surface area contributed by atoms with E-state index in [1.165, 1.54) is 0 Å². The summed E-state index contributed by atoms with van der Waals surface area (Å²) in [4.78, 5) is 11.7. The van der Waals surface area contributed by atoms with Gasteiger partial charge in [0.1, 0.15) is 0 Å². The van der Waals surface area contributed by atoms with E-state index in [-0.39, 0.29) is 30.5 Å². The lowest BCUT2D eigenvalue weighted by Crippen LogP contribution is -2.32. The molecule has 5 nitrogen and oxygen atoms in total. The highest BCUT2D eigenvalue weighted by molar-refractivity contribution is 7.91. The molecule has 0 aliphatic heterocycles. The number of rotatable bonds is 7. The Labute approximate surface area is 128 Å². The quantitative estimate of drug-likeness (QED) is 0.745. The van der Waals surface area contributed by atoms with Crippen molar-refractivity contribution >= 4 is 44.6 Å². The maximum absolute atomic E-state index is 11.7. The van der Waals surface area contributed by atoms with E-state index in [2.05, 4.69) is 10.6 Å². The molecule has 8 heteroatoms. The number of nitrogens with one attached hydrogen (secondary N) is 2. The molecule has 2 N–H and O–H groups in total. The second kappa shape index (κ2) is 7.83. The van der Waals surface area contributed by atoms with Crippen LogP contribution in [-0.2, 0) is 14.6 Å². The van der Waals surface area contributed by atoms with E-state index in [0.717, 1.165) is 0 Å². The number of anilines is 1. The van der Waals surface area contributed by atoms with Crippen LogP contribution in [0.15, 0.2) is 18.2 Å². The minimum absolute atomic E-state index is 0.00360. The molecular formula is C12H16Cl2N2O3S.